The highest BCUT2D eigenvalue weighted by atomic mass is 32.2. The van der Waals surface area contributed by atoms with E-state index in [0.717, 1.165) is 37.0 Å². The first-order chi connectivity index (χ1) is 14.8. The Kier molecular flexibility index (Phi) is 5.88. The molecule has 1 saturated carbocycles. The standard InChI is InChI=1S/C22H23N3O5S/c26-20(14-25-21(27)18-8-4-5-9-19(18)22(25)28)23-15-10-12-17(13-11-15)31(29,30)24-16-6-2-1-3-7-16/h4-5,8-13,16,24H,1-3,6-7,14H2,(H,23,26). The molecule has 2 N–H and O–H groups in total. The van der Waals surface area contributed by atoms with Crippen molar-refractivity contribution in [1.82, 2.24) is 9.62 Å². The van der Waals surface area contributed by atoms with E-state index >= 15 is 0 Å². The van der Waals surface area contributed by atoms with Crippen LogP contribution in [0.25, 0.3) is 0 Å². The van der Waals surface area contributed by atoms with Crippen molar-refractivity contribution in [3.05, 3.63) is 59.7 Å². The Balaban J connectivity index is 1.37. The summed E-state index contributed by atoms with van der Waals surface area (Å²) in [6, 6.07) is 12.2. The summed E-state index contributed by atoms with van der Waals surface area (Å²) in [7, 11) is -3.63. The van der Waals surface area contributed by atoms with Crippen LogP contribution in [0, 0.1) is 0 Å². The zero-order chi connectivity index (χ0) is 22.0. The molecule has 0 atom stereocenters. The number of hydrogen-bond donors (Lipinski definition) is 2. The van der Waals surface area contributed by atoms with E-state index in [9.17, 15) is 22.8 Å². The summed E-state index contributed by atoms with van der Waals surface area (Å²) in [4.78, 5) is 38.1. The normalized spacial score (nSPS) is 17.0. The number of benzene rings is 2. The number of carbonyl (C=O) groups excluding carboxylic acids is 3. The van der Waals surface area contributed by atoms with Crippen LogP contribution in [0.5, 0.6) is 0 Å². The zero-order valence-corrected chi connectivity index (χ0v) is 17.7. The highest BCUT2D eigenvalue weighted by Crippen LogP contribution is 2.23. The number of rotatable bonds is 6. The van der Waals surface area contributed by atoms with Crippen LogP contribution in [0.2, 0.25) is 0 Å². The molecule has 4 rings (SSSR count). The van der Waals surface area contributed by atoms with Crippen LogP contribution in [0.4, 0.5) is 5.69 Å². The number of nitrogens with zero attached hydrogens (tertiary/aromatic N) is 1. The predicted octanol–water partition coefficient (Wildman–Crippen LogP) is 2.53. The molecule has 0 unspecified atom stereocenters. The van der Waals surface area contributed by atoms with Crippen molar-refractivity contribution in [2.75, 3.05) is 11.9 Å². The van der Waals surface area contributed by atoms with E-state index in [-0.39, 0.29) is 22.1 Å². The Bertz CT molecular complexity index is 1090. The van der Waals surface area contributed by atoms with Gasteiger partial charge in [-0.3, -0.25) is 19.3 Å². The fourth-order valence-corrected chi connectivity index (χ4v) is 5.26. The third-order valence-corrected chi connectivity index (χ3v) is 7.09. The van der Waals surface area contributed by atoms with E-state index in [4.69, 9.17) is 0 Å². The molecule has 0 saturated heterocycles. The average Bonchev–Trinajstić information content (AvgIpc) is 3.00. The Morgan fingerprint density at radius 1 is 0.903 bits per heavy atom. The van der Waals surface area contributed by atoms with Crippen molar-refractivity contribution in [2.24, 2.45) is 0 Å². The lowest BCUT2D eigenvalue weighted by Crippen LogP contribution is -2.37. The SMILES string of the molecule is O=C(CN1C(=O)c2ccccc2C1=O)Nc1ccc(S(=O)(=O)NC2CCCCC2)cc1. The maximum absolute atomic E-state index is 12.6. The molecule has 2 aromatic rings. The van der Waals surface area contributed by atoms with Gasteiger partial charge in [0.15, 0.2) is 0 Å². The summed E-state index contributed by atoms with van der Waals surface area (Å²) in [5.74, 6) is -1.57. The van der Waals surface area contributed by atoms with E-state index < -0.39 is 34.3 Å². The molecule has 162 valence electrons. The second-order valence-electron chi connectivity index (χ2n) is 7.77. The van der Waals surface area contributed by atoms with Crippen molar-refractivity contribution in [1.29, 1.82) is 0 Å². The van der Waals surface area contributed by atoms with Gasteiger partial charge in [-0.05, 0) is 49.2 Å². The van der Waals surface area contributed by atoms with E-state index in [0.29, 0.717) is 5.69 Å². The van der Waals surface area contributed by atoms with Crippen LogP contribution in [-0.4, -0.2) is 43.6 Å². The Labute approximate surface area is 180 Å². The van der Waals surface area contributed by atoms with E-state index in [1.807, 2.05) is 0 Å². The molecule has 2 aliphatic rings. The molecule has 1 fully saturated rings. The third kappa shape index (κ3) is 4.52. The van der Waals surface area contributed by atoms with Crippen molar-refractivity contribution in [3.8, 4) is 0 Å². The minimum absolute atomic E-state index is 0.0437. The molecule has 0 aromatic heterocycles. The Morgan fingerprint density at radius 2 is 1.48 bits per heavy atom. The number of amides is 3. The Hall–Kier alpha value is -3.04. The first-order valence-corrected chi connectivity index (χ1v) is 11.7. The summed E-state index contributed by atoms with van der Waals surface area (Å²) in [5.41, 5.74) is 0.930. The summed E-state index contributed by atoms with van der Waals surface area (Å²) in [5, 5.41) is 2.60. The third-order valence-electron chi connectivity index (χ3n) is 5.56. The molecular formula is C22H23N3O5S. The number of imide groups is 1. The molecule has 0 radical (unpaired) electrons. The number of sulfonamides is 1. The molecule has 1 heterocycles. The molecule has 3 amide bonds. The topological polar surface area (TPSA) is 113 Å². The number of nitrogens with one attached hydrogen (secondary N) is 2. The molecule has 1 aliphatic carbocycles. The minimum atomic E-state index is -3.63. The van der Waals surface area contributed by atoms with Gasteiger partial charge in [0.05, 0.1) is 16.0 Å². The smallest absolute Gasteiger partial charge is 0.262 e. The highest BCUT2D eigenvalue weighted by Gasteiger charge is 2.36. The van der Waals surface area contributed by atoms with Crippen LogP contribution in [-0.2, 0) is 14.8 Å². The predicted molar refractivity (Wildman–Crippen MR) is 114 cm³/mol. The fourth-order valence-electron chi connectivity index (χ4n) is 3.95. The van der Waals surface area contributed by atoms with Crippen molar-refractivity contribution < 1.29 is 22.8 Å². The Morgan fingerprint density at radius 3 is 2.06 bits per heavy atom. The number of hydrogen-bond acceptors (Lipinski definition) is 5. The van der Waals surface area contributed by atoms with Gasteiger partial charge in [0.2, 0.25) is 15.9 Å². The van der Waals surface area contributed by atoms with E-state index in [2.05, 4.69) is 10.0 Å². The van der Waals surface area contributed by atoms with Crippen molar-refractivity contribution in [3.63, 3.8) is 0 Å². The molecule has 0 bridgehead atoms. The molecule has 9 heteroatoms. The molecule has 8 nitrogen and oxygen atoms in total. The number of carbonyl (C=O) groups is 3. The highest BCUT2D eigenvalue weighted by molar-refractivity contribution is 7.89. The van der Waals surface area contributed by atoms with Gasteiger partial charge in [-0.2, -0.15) is 0 Å². The van der Waals surface area contributed by atoms with Gasteiger partial charge in [-0.1, -0.05) is 31.4 Å². The van der Waals surface area contributed by atoms with Crippen LogP contribution in [0.1, 0.15) is 52.8 Å². The number of fused-ring (bicyclic) bond motifs is 1. The van der Waals surface area contributed by atoms with Crippen LogP contribution < -0.4 is 10.0 Å². The second kappa shape index (κ2) is 8.60. The van der Waals surface area contributed by atoms with Gasteiger partial charge in [0, 0.05) is 11.7 Å². The van der Waals surface area contributed by atoms with Crippen LogP contribution in [0.3, 0.4) is 0 Å². The maximum Gasteiger partial charge on any atom is 0.262 e. The zero-order valence-electron chi connectivity index (χ0n) is 16.8. The van der Waals surface area contributed by atoms with Gasteiger partial charge in [0.1, 0.15) is 6.54 Å². The first-order valence-electron chi connectivity index (χ1n) is 10.2. The summed E-state index contributed by atoms with van der Waals surface area (Å²) in [6.45, 7) is -0.421. The van der Waals surface area contributed by atoms with E-state index in [1.54, 1.807) is 24.3 Å². The lowest BCUT2D eigenvalue weighted by Gasteiger charge is -2.22. The summed E-state index contributed by atoms with van der Waals surface area (Å²) in [6.07, 6.45) is 4.85. The lowest BCUT2D eigenvalue weighted by molar-refractivity contribution is -0.116. The molecule has 2 aromatic carbocycles. The van der Waals surface area contributed by atoms with Crippen molar-refractivity contribution in [2.45, 2.75) is 43.0 Å². The fraction of sp³-hybridized carbons (Fsp3) is 0.318. The molecular weight excluding hydrogens is 418 g/mol. The van der Waals surface area contributed by atoms with Gasteiger partial charge < -0.3 is 5.32 Å². The molecule has 0 spiro atoms. The number of anilines is 1. The molecule has 1 aliphatic heterocycles. The monoisotopic (exact) mass is 441 g/mol. The van der Waals surface area contributed by atoms with E-state index in [1.165, 1.54) is 24.3 Å². The molecule has 31 heavy (non-hydrogen) atoms. The second-order valence-corrected chi connectivity index (χ2v) is 9.48. The average molecular weight is 442 g/mol. The van der Waals surface area contributed by atoms with Gasteiger partial charge >= 0.3 is 0 Å². The van der Waals surface area contributed by atoms with Crippen molar-refractivity contribution >= 4 is 33.4 Å². The maximum atomic E-state index is 12.6. The summed E-state index contributed by atoms with van der Waals surface area (Å²) < 4.78 is 27.9. The minimum Gasteiger partial charge on any atom is -0.325 e. The van der Waals surface area contributed by atoms with Gasteiger partial charge in [0.25, 0.3) is 11.8 Å². The lowest BCUT2D eigenvalue weighted by atomic mass is 9.96. The van der Waals surface area contributed by atoms with Crippen LogP contribution in [0.15, 0.2) is 53.4 Å². The quantitative estimate of drug-likeness (QED) is 0.669. The van der Waals surface area contributed by atoms with Gasteiger partial charge in [-0.25, -0.2) is 13.1 Å². The first kappa shape index (κ1) is 21.2. The van der Waals surface area contributed by atoms with Crippen LogP contribution >= 0.6 is 0 Å². The van der Waals surface area contributed by atoms with Gasteiger partial charge in [-0.15, -0.1) is 0 Å². The largest absolute Gasteiger partial charge is 0.325 e. The summed E-state index contributed by atoms with van der Waals surface area (Å²) >= 11 is 0.